The molecule has 2 N–H and O–H groups in total. The standard InChI is InChI=1S/C21H21N7O3/c1-3-18(29)24-14-6-7-17-16(9-14)26-21(31-17)28-8-4-5-15(12-28)25-20-23-11-13(10-22)19(27-20)30-2/h3,6-7,9,11,15H,1,4-5,8,12H2,2H3,(H,24,29)(H,23,25,27)/t15-/m1/s1. The fraction of sp³-hybridized carbons (Fsp3) is 0.286. The van der Waals surface area contributed by atoms with Crippen LogP contribution in [0.25, 0.3) is 11.1 Å². The molecule has 10 nitrogen and oxygen atoms in total. The van der Waals surface area contributed by atoms with Crippen LogP contribution in [0.2, 0.25) is 0 Å². The summed E-state index contributed by atoms with van der Waals surface area (Å²) in [4.78, 5) is 26.6. The lowest BCUT2D eigenvalue weighted by atomic mass is 10.1. The maximum Gasteiger partial charge on any atom is 0.298 e. The topological polar surface area (TPSA) is 129 Å². The molecule has 2 aromatic heterocycles. The third kappa shape index (κ3) is 4.40. The summed E-state index contributed by atoms with van der Waals surface area (Å²) in [6, 6.07) is 7.90. The lowest BCUT2D eigenvalue weighted by Gasteiger charge is -2.32. The molecular weight excluding hydrogens is 398 g/mol. The molecule has 0 saturated carbocycles. The van der Waals surface area contributed by atoms with Gasteiger partial charge in [-0.15, -0.1) is 0 Å². The van der Waals surface area contributed by atoms with Crippen molar-refractivity contribution in [3.8, 4) is 11.9 Å². The summed E-state index contributed by atoms with van der Waals surface area (Å²) in [6.45, 7) is 4.91. The van der Waals surface area contributed by atoms with E-state index >= 15 is 0 Å². The molecule has 4 rings (SSSR count). The molecule has 1 aliphatic rings. The fourth-order valence-electron chi connectivity index (χ4n) is 3.44. The summed E-state index contributed by atoms with van der Waals surface area (Å²) in [6.07, 6.45) is 4.52. The summed E-state index contributed by atoms with van der Waals surface area (Å²) in [5.41, 5.74) is 2.21. The molecule has 1 saturated heterocycles. The Hall–Kier alpha value is -4.13. The van der Waals surface area contributed by atoms with Crippen LogP contribution in [0.3, 0.4) is 0 Å². The first kappa shape index (κ1) is 20.2. The Morgan fingerprint density at radius 1 is 1.45 bits per heavy atom. The number of benzene rings is 1. The van der Waals surface area contributed by atoms with Crippen molar-refractivity contribution >= 4 is 34.7 Å². The second-order valence-electron chi connectivity index (χ2n) is 7.03. The van der Waals surface area contributed by atoms with E-state index in [1.54, 1.807) is 18.2 Å². The highest BCUT2D eigenvalue weighted by atomic mass is 16.5. The molecule has 1 aliphatic heterocycles. The maximum atomic E-state index is 11.5. The molecular formula is C21H21N7O3. The summed E-state index contributed by atoms with van der Waals surface area (Å²) in [7, 11) is 1.47. The van der Waals surface area contributed by atoms with Crippen LogP contribution < -0.4 is 20.3 Å². The lowest BCUT2D eigenvalue weighted by Crippen LogP contribution is -2.42. The molecule has 0 aliphatic carbocycles. The summed E-state index contributed by atoms with van der Waals surface area (Å²) in [5.74, 6) is 0.364. The average Bonchev–Trinajstić information content (AvgIpc) is 3.22. The first-order chi connectivity index (χ1) is 15.1. The Kier molecular flexibility index (Phi) is 5.66. The Bertz CT molecular complexity index is 1170. The number of rotatable bonds is 6. The maximum absolute atomic E-state index is 11.5. The van der Waals surface area contributed by atoms with Crippen molar-refractivity contribution in [2.75, 3.05) is 35.7 Å². The van der Waals surface area contributed by atoms with Gasteiger partial charge in [-0.05, 0) is 37.1 Å². The second kappa shape index (κ2) is 8.71. The van der Waals surface area contributed by atoms with Gasteiger partial charge < -0.3 is 24.7 Å². The van der Waals surface area contributed by atoms with Crippen LogP contribution in [-0.4, -0.2) is 47.1 Å². The van der Waals surface area contributed by atoms with Gasteiger partial charge in [0.15, 0.2) is 5.58 Å². The van der Waals surface area contributed by atoms with Gasteiger partial charge in [0.1, 0.15) is 17.1 Å². The lowest BCUT2D eigenvalue weighted by molar-refractivity contribution is -0.111. The van der Waals surface area contributed by atoms with E-state index in [-0.39, 0.29) is 23.4 Å². The second-order valence-corrected chi connectivity index (χ2v) is 7.03. The van der Waals surface area contributed by atoms with Gasteiger partial charge in [0.2, 0.25) is 17.7 Å². The summed E-state index contributed by atoms with van der Waals surface area (Å²) < 4.78 is 11.1. The van der Waals surface area contributed by atoms with Crippen molar-refractivity contribution in [1.82, 2.24) is 15.0 Å². The highest BCUT2D eigenvalue weighted by Gasteiger charge is 2.24. The molecule has 3 aromatic rings. The minimum absolute atomic E-state index is 0.0730. The van der Waals surface area contributed by atoms with Gasteiger partial charge in [0.25, 0.3) is 6.01 Å². The van der Waals surface area contributed by atoms with Crippen LogP contribution in [0.15, 0.2) is 41.5 Å². The Balaban J connectivity index is 1.48. The van der Waals surface area contributed by atoms with Crippen LogP contribution in [0.1, 0.15) is 18.4 Å². The highest BCUT2D eigenvalue weighted by molar-refractivity contribution is 5.99. The zero-order valence-corrected chi connectivity index (χ0v) is 17.0. The van der Waals surface area contributed by atoms with E-state index in [4.69, 9.17) is 14.4 Å². The molecule has 0 unspecified atom stereocenters. The highest BCUT2D eigenvalue weighted by Crippen LogP contribution is 2.27. The van der Waals surface area contributed by atoms with Crippen LogP contribution in [0.5, 0.6) is 5.88 Å². The molecule has 1 fully saturated rings. The number of aromatic nitrogens is 3. The number of amides is 1. The zero-order valence-electron chi connectivity index (χ0n) is 17.0. The molecule has 0 radical (unpaired) electrons. The number of methoxy groups -OCH3 is 1. The quantitative estimate of drug-likeness (QED) is 0.579. The minimum atomic E-state index is -0.283. The molecule has 0 spiro atoms. The van der Waals surface area contributed by atoms with Gasteiger partial charge in [0.05, 0.1) is 13.3 Å². The van der Waals surface area contributed by atoms with E-state index in [2.05, 4.69) is 37.1 Å². The van der Waals surface area contributed by atoms with Crippen molar-refractivity contribution in [3.63, 3.8) is 0 Å². The number of hydrogen-bond acceptors (Lipinski definition) is 9. The monoisotopic (exact) mass is 419 g/mol. The number of nitriles is 1. The Morgan fingerprint density at radius 2 is 2.32 bits per heavy atom. The van der Waals surface area contributed by atoms with E-state index in [9.17, 15) is 4.79 Å². The molecule has 1 aromatic carbocycles. The number of carbonyl (C=O) groups excluding carboxylic acids is 1. The largest absolute Gasteiger partial charge is 0.480 e. The Labute approximate surface area is 178 Å². The number of piperidine rings is 1. The SMILES string of the molecule is C=CC(=O)Nc1ccc2oc(N3CCC[C@@H](Nc4ncc(C#N)c(OC)n4)C3)nc2c1. The van der Waals surface area contributed by atoms with Crippen molar-refractivity contribution in [2.24, 2.45) is 0 Å². The number of nitrogens with one attached hydrogen (secondary N) is 2. The number of carbonyl (C=O) groups is 1. The van der Waals surface area contributed by atoms with E-state index < -0.39 is 0 Å². The first-order valence-electron chi connectivity index (χ1n) is 9.76. The van der Waals surface area contributed by atoms with E-state index in [0.717, 1.165) is 19.4 Å². The zero-order chi connectivity index (χ0) is 21.8. The number of fused-ring (bicyclic) bond motifs is 1. The van der Waals surface area contributed by atoms with Crippen molar-refractivity contribution in [3.05, 3.63) is 42.6 Å². The minimum Gasteiger partial charge on any atom is -0.480 e. The van der Waals surface area contributed by atoms with E-state index in [1.165, 1.54) is 19.4 Å². The van der Waals surface area contributed by atoms with Crippen molar-refractivity contribution in [1.29, 1.82) is 5.26 Å². The fourth-order valence-corrected chi connectivity index (χ4v) is 3.44. The van der Waals surface area contributed by atoms with Crippen LogP contribution >= 0.6 is 0 Å². The summed E-state index contributed by atoms with van der Waals surface area (Å²) >= 11 is 0. The molecule has 1 amide bonds. The number of hydrogen-bond donors (Lipinski definition) is 2. The van der Waals surface area contributed by atoms with Gasteiger partial charge in [-0.3, -0.25) is 4.79 Å². The average molecular weight is 419 g/mol. The predicted octanol–water partition coefficient (Wildman–Crippen LogP) is 2.70. The van der Waals surface area contributed by atoms with Crippen LogP contribution in [0.4, 0.5) is 17.7 Å². The number of nitrogens with zero attached hydrogens (tertiary/aromatic N) is 5. The smallest absolute Gasteiger partial charge is 0.298 e. The number of anilines is 3. The van der Waals surface area contributed by atoms with Gasteiger partial charge >= 0.3 is 0 Å². The first-order valence-corrected chi connectivity index (χ1v) is 9.76. The molecule has 158 valence electrons. The number of ether oxygens (including phenoxy) is 1. The Morgan fingerprint density at radius 3 is 3.10 bits per heavy atom. The molecule has 10 heteroatoms. The predicted molar refractivity (Wildman–Crippen MR) is 115 cm³/mol. The van der Waals surface area contributed by atoms with Crippen molar-refractivity contribution < 1.29 is 13.9 Å². The van der Waals surface area contributed by atoms with Gasteiger partial charge in [-0.25, -0.2) is 4.98 Å². The molecule has 0 bridgehead atoms. The van der Waals surface area contributed by atoms with Gasteiger partial charge in [0, 0.05) is 24.8 Å². The van der Waals surface area contributed by atoms with Crippen LogP contribution in [0, 0.1) is 11.3 Å². The third-order valence-corrected chi connectivity index (χ3v) is 4.92. The number of oxazole rings is 1. The van der Waals surface area contributed by atoms with Gasteiger partial charge in [-0.1, -0.05) is 6.58 Å². The van der Waals surface area contributed by atoms with Crippen molar-refractivity contribution in [2.45, 2.75) is 18.9 Å². The van der Waals surface area contributed by atoms with E-state index in [1.807, 2.05) is 6.07 Å². The molecule has 31 heavy (non-hydrogen) atoms. The molecule has 1 atom stereocenters. The van der Waals surface area contributed by atoms with Crippen LogP contribution in [-0.2, 0) is 4.79 Å². The third-order valence-electron chi connectivity index (χ3n) is 4.92. The molecule has 3 heterocycles. The van der Waals surface area contributed by atoms with Gasteiger partial charge in [-0.2, -0.15) is 15.2 Å². The normalized spacial score (nSPS) is 15.9. The van der Waals surface area contributed by atoms with E-state index in [0.29, 0.717) is 35.3 Å². The summed E-state index contributed by atoms with van der Waals surface area (Å²) in [5, 5.41) is 15.1.